The van der Waals surface area contributed by atoms with Gasteiger partial charge in [0, 0.05) is 45.5 Å². The number of pyridine rings is 1. The highest BCUT2D eigenvalue weighted by molar-refractivity contribution is 5.80. The van der Waals surface area contributed by atoms with Crippen LogP contribution in [-0.4, -0.2) is 53.8 Å². The maximum Gasteiger partial charge on any atom is 0.248 e. The van der Waals surface area contributed by atoms with Gasteiger partial charge in [0.2, 0.25) is 11.8 Å². The lowest BCUT2D eigenvalue weighted by Gasteiger charge is -2.38. The Morgan fingerprint density at radius 3 is 2.76 bits per heavy atom. The molecule has 0 aromatic carbocycles. The normalized spacial score (nSPS) is 22.1. The molecular weight excluding hydrogens is 318 g/mol. The quantitative estimate of drug-likeness (QED) is 0.813. The molecule has 136 valence electrons. The highest BCUT2D eigenvalue weighted by atomic mass is 16.5. The van der Waals surface area contributed by atoms with Crippen LogP contribution in [0.25, 0.3) is 0 Å². The fourth-order valence-corrected chi connectivity index (χ4v) is 3.62. The van der Waals surface area contributed by atoms with E-state index >= 15 is 0 Å². The van der Waals surface area contributed by atoms with E-state index in [9.17, 15) is 9.59 Å². The van der Waals surface area contributed by atoms with Gasteiger partial charge in [-0.05, 0) is 41.9 Å². The predicted molar refractivity (Wildman–Crippen MR) is 93.6 cm³/mol. The Morgan fingerprint density at radius 2 is 2.08 bits per heavy atom. The zero-order valence-corrected chi connectivity index (χ0v) is 15.3. The third kappa shape index (κ3) is 4.00. The summed E-state index contributed by atoms with van der Waals surface area (Å²) in [4.78, 5) is 32.0. The Bertz CT molecular complexity index is 653. The number of hydrogen-bond donors (Lipinski definition) is 0. The Kier molecular flexibility index (Phi) is 5.37. The maximum absolute atomic E-state index is 12.6. The lowest BCUT2D eigenvalue weighted by Crippen LogP contribution is -2.43. The van der Waals surface area contributed by atoms with Gasteiger partial charge in [0.05, 0.1) is 6.61 Å². The van der Waals surface area contributed by atoms with Gasteiger partial charge < -0.3 is 14.5 Å². The van der Waals surface area contributed by atoms with Crippen LogP contribution in [0.5, 0.6) is 0 Å². The molecule has 2 aliphatic rings. The number of carbonyl (C=O) groups excluding carboxylic acids is 2. The number of fused-ring (bicyclic) bond motifs is 1. The van der Waals surface area contributed by atoms with Gasteiger partial charge in [0.15, 0.2) is 0 Å². The van der Waals surface area contributed by atoms with Crippen LogP contribution in [0.2, 0.25) is 0 Å². The van der Waals surface area contributed by atoms with Crippen molar-refractivity contribution in [3.63, 3.8) is 0 Å². The van der Waals surface area contributed by atoms with Gasteiger partial charge in [-0.15, -0.1) is 0 Å². The molecule has 1 fully saturated rings. The lowest BCUT2D eigenvalue weighted by atomic mass is 9.75. The molecule has 0 N–H and O–H groups in total. The standard InChI is InChI=1S/C19H27N3O3/c1-13-6-14(7-13)19(24)22-5-4-17-15(10-22)8-20-9-16(17)11-25-12-18(23)21(2)3/h8-9,13-14H,4-7,10-12H2,1-3H3. The minimum Gasteiger partial charge on any atom is -0.367 e. The molecule has 0 unspecified atom stereocenters. The van der Waals surface area contributed by atoms with Crippen LogP contribution >= 0.6 is 0 Å². The van der Waals surface area contributed by atoms with Crippen molar-refractivity contribution in [2.75, 3.05) is 27.2 Å². The molecule has 1 aliphatic carbocycles. The summed E-state index contributed by atoms with van der Waals surface area (Å²) >= 11 is 0. The number of nitrogens with zero attached hydrogens (tertiary/aromatic N) is 3. The Hall–Kier alpha value is -1.95. The van der Waals surface area contributed by atoms with Crippen molar-refractivity contribution in [1.82, 2.24) is 14.8 Å². The second kappa shape index (κ2) is 7.52. The first-order valence-corrected chi connectivity index (χ1v) is 8.97. The van der Waals surface area contributed by atoms with Crippen LogP contribution in [0.4, 0.5) is 0 Å². The van der Waals surface area contributed by atoms with Gasteiger partial charge >= 0.3 is 0 Å². The number of ether oxygens (including phenoxy) is 1. The van der Waals surface area contributed by atoms with E-state index < -0.39 is 0 Å². The van der Waals surface area contributed by atoms with Crippen molar-refractivity contribution in [3.8, 4) is 0 Å². The summed E-state index contributed by atoms with van der Waals surface area (Å²) in [6, 6.07) is 0. The maximum atomic E-state index is 12.6. The summed E-state index contributed by atoms with van der Waals surface area (Å²) in [6.07, 6.45) is 6.53. The fraction of sp³-hybridized carbons (Fsp3) is 0.632. The first kappa shape index (κ1) is 17.9. The van der Waals surface area contributed by atoms with E-state index in [0.717, 1.165) is 36.9 Å². The molecule has 6 nitrogen and oxygen atoms in total. The molecule has 6 heteroatoms. The van der Waals surface area contributed by atoms with E-state index in [4.69, 9.17) is 4.74 Å². The Morgan fingerprint density at radius 1 is 1.32 bits per heavy atom. The van der Waals surface area contributed by atoms with E-state index in [1.807, 2.05) is 17.3 Å². The van der Waals surface area contributed by atoms with E-state index in [1.54, 1.807) is 14.1 Å². The van der Waals surface area contributed by atoms with Gasteiger partial charge in [-0.3, -0.25) is 14.6 Å². The molecule has 1 saturated carbocycles. The highest BCUT2D eigenvalue weighted by Gasteiger charge is 2.35. The van der Waals surface area contributed by atoms with Crippen LogP contribution in [0.1, 0.15) is 36.5 Å². The monoisotopic (exact) mass is 345 g/mol. The lowest BCUT2D eigenvalue weighted by molar-refractivity contribution is -0.140. The SMILES string of the molecule is CC1CC(C(=O)N2CCc3c(COCC(=O)N(C)C)cncc3C2)C1. The zero-order chi connectivity index (χ0) is 18.0. The van der Waals surface area contributed by atoms with Crippen molar-refractivity contribution in [3.05, 3.63) is 29.1 Å². The second-order valence-electron chi connectivity index (χ2n) is 7.50. The summed E-state index contributed by atoms with van der Waals surface area (Å²) < 4.78 is 5.55. The number of amides is 2. The molecule has 25 heavy (non-hydrogen) atoms. The molecule has 3 rings (SSSR count). The van der Waals surface area contributed by atoms with Crippen LogP contribution in [0.15, 0.2) is 12.4 Å². The molecule has 0 atom stereocenters. The van der Waals surface area contributed by atoms with Crippen LogP contribution in [0, 0.1) is 11.8 Å². The minimum atomic E-state index is -0.0516. The molecule has 1 aromatic heterocycles. The molecular formula is C19H27N3O3. The molecule has 0 radical (unpaired) electrons. The summed E-state index contributed by atoms with van der Waals surface area (Å²) in [7, 11) is 3.43. The zero-order valence-electron chi connectivity index (χ0n) is 15.3. The molecule has 2 amide bonds. The first-order chi connectivity index (χ1) is 12.0. The number of likely N-dealkylation sites (N-methyl/N-ethyl adjacent to an activating group) is 1. The Labute approximate surface area is 149 Å². The second-order valence-corrected chi connectivity index (χ2v) is 7.50. The summed E-state index contributed by atoms with van der Waals surface area (Å²) in [6.45, 7) is 4.04. The van der Waals surface area contributed by atoms with Gasteiger partial charge in [-0.25, -0.2) is 0 Å². The van der Waals surface area contributed by atoms with E-state index in [-0.39, 0.29) is 18.4 Å². The van der Waals surface area contributed by atoms with E-state index in [2.05, 4.69) is 11.9 Å². The van der Waals surface area contributed by atoms with Crippen molar-refractivity contribution < 1.29 is 14.3 Å². The van der Waals surface area contributed by atoms with Gasteiger partial charge in [0.1, 0.15) is 6.61 Å². The van der Waals surface area contributed by atoms with Crippen molar-refractivity contribution >= 4 is 11.8 Å². The highest BCUT2D eigenvalue weighted by Crippen LogP contribution is 2.35. The minimum absolute atomic E-state index is 0.0516. The average Bonchev–Trinajstić information content (AvgIpc) is 2.57. The number of rotatable bonds is 5. The van der Waals surface area contributed by atoms with Crippen molar-refractivity contribution in [2.24, 2.45) is 11.8 Å². The van der Waals surface area contributed by atoms with Gasteiger partial charge in [-0.1, -0.05) is 6.92 Å². The predicted octanol–water partition coefficient (Wildman–Crippen LogP) is 1.62. The topological polar surface area (TPSA) is 62.7 Å². The third-order valence-electron chi connectivity index (χ3n) is 5.25. The smallest absolute Gasteiger partial charge is 0.248 e. The number of hydrogen-bond acceptors (Lipinski definition) is 4. The molecule has 0 bridgehead atoms. The van der Waals surface area contributed by atoms with E-state index in [1.165, 1.54) is 10.5 Å². The molecule has 2 heterocycles. The number of carbonyl (C=O) groups is 2. The largest absolute Gasteiger partial charge is 0.367 e. The summed E-state index contributed by atoms with van der Waals surface area (Å²) in [5, 5.41) is 0. The van der Waals surface area contributed by atoms with Crippen molar-refractivity contribution in [1.29, 1.82) is 0 Å². The van der Waals surface area contributed by atoms with Crippen LogP contribution < -0.4 is 0 Å². The van der Waals surface area contributed by atoms with Gasteiger partial charge in [-0.2, -0.15) is 0 Å². The van der Waals surface area contributed by atoms with Gasteiger partial charge in [0.25, 0.3) is 0 Å². The molecule has 0 saturated heterocycles. The Balaban J connectivity index is 1.60. The van der Waals surface area contributed by atoms with Crippen molar-refractivity contribution in [2.45, 2.75) is 39.3 Å². The summed E-state index contributed by atoms with van der Waals surface area (Å²) in [5.41, 5.74) is 3.35. The average molecular weight is 345 g/mol. The molecule has 1 aromatic rings. The molecule has 1 aliphatic heterocycles. The molecule has 0 spiro atoms. The number of aromatic nitrogens is 1. The first-order valence-electron chi connectivity index (χ1n) is 8.97. The fourth-order valence-electron chi connectivity index (χ4n) is 3.62. The third-order valence-corrected chi connectivity index (χ3v) is 5.25. The van der Waals surface area contributed by atoms with E-state index in [0.29, 0.717) is 25.0 Å². The van der Waals surface area contributed by atoms with Crippen LogP contribution in [0.3, 0.4) is 0 Å². The van der Waals surface area contributed by atoms with Crippen LogP contribution in [-0.2, 0) is 33.9 Å². The summed E-state index contributed by atoms with van der Waals surface area (Å²) in [5.74, 6) is 1.14.